The normalized spacial score (nSPS) is 23.1. The van der Waals surface area contributed by atoms with Gasteiger partial charge in [-0.1, -0.05) is 41.9 Å². The van der Waals surface area contributed by atoms with E-state index in [1.165, 1.54) is 11.1 Å². The van der Waals surface area contributed by atoms with E-state index < -0.39 is 0 Å². The third kappa shape index (κ3) is 1.80. The molecular weight excluding hydrogens is 270 g/mol. The van der Waals surface area contributed by atoms with Gasteiger partial charge in [0.1, 0.15) is 0 Å². The van der Waals surface area contributed by atoms with E-state index in [2.05, 4.69) is 29.6 Å². The summed E-state index contributed by atoms with van der Waals surface area (Å²) in [5.41, 5.74) is 4.81. The molecule has 2 heterocycles. The van der Waals surface area contributed by atoms with Crippen molar-refractivity contribution in [3.05, 3.63) is 70.9 Å². The summed E-state index contributed by atoms with van der Waals surface area (Å²) >= 11 is 6.12. The van der Waals surface area contributed by atoms with E-state index in [0.29, 0.717) is 12.5 Å². The Kier molecular flexibility index (Phi) is 2.71. The second-order valence-corrected chi connectivity index (χ2v) is 5.67. The fourth-order valence-electron chi connectivity index (χ4n) is 3.08. The number of rotatable bonds is 1. The van der Waals surface area contributed by atoms with Gasteiger partial charge in [-0.15, -0.1) is 0 Å². The number of ether oxygens (including phenoxy) is 1. The van der Waals surface area contributed by atoms with Crippen molar-refractivity contribution < 1.29 is 4.74 Å². The summed E-state index contributed by atoms with van der Waals surface area (Å²) < 4.78 is 5.59. The van der Waals surface area contributed by atoms with E-state index in [9.17, 15) is 0 Å². The summed E-state index contributed by atoms with van der Waals surface area (Å²) in [5.74, 6) is 0.336. The highest BCUT2D eigenvalue weighted by molar-refractivity contribution is 6.30. The molecule has 2 aromatic rings. The third-order valence-electron chi connectivity index (χ3n) is 4.05. The smallest absolute Gasteiger partial charge is 0.0966 e. The van der Waals surface area contributed by atoms with Crippen LogP contribution in [0.1, 0.15) is 17.2 Å². The zero-order valence-electron chi connectivity index (χ0n) is 10.8. The lowest BCUT2D eigenvalue weighted by molar-refractivity contribution is 0.240. The van der Waals surface area contributed by atoms with Crippen LogP contribution in [0.15, 0.2) is 54.8 Å². The molecule has 3 heteroatoms. The first-order valence-corrected chi connectivity index (χ1v) is 7.14. The molecule has 1 N–H and O–H groups in total. The summed E-state index contributed by atoms with van der Waals surface area (Å²) in [6.07, 6.45) is 1.89. The maximum absolute atomic E-state index is 6.12. The van der Waals surface area contributed by atoms with Gasteiger partial charge in [-0.25, -0.2) is 0 Å². The molecule has 2 aliphatic rings. The number of anilines is 1. The molecule has 0 saturated heterocycles. The summed E-state index contributed by atoms with van der Waals surface area (Å²) in [6.45, 7) is 0.716. The lowest BCUT2D eigenvalue weighted by Crippen LogP contribution is -2.27. The summed E-state index contributed by atoms with van der Waals surface area (Å²) in [5, 5.41) is 4.39. The van der Waals surface area contributed by atoms with Gasteiger partial charge in [0.2, 0.25) is 0 Å². The topological polar surface area (TPSA) is 21.3 Å². The molecule has 2 aromatic carbocycles. The van der Waals surface area contributed by atoms with Crippen molar-refractivity contribution in [2.75, 3.05) is 11.9 Å². The minimum absolute atomic E-state index is 0.249. The minimum atomic E-state index is 0.249. The molecule has 0 radical (unpaired) electrons. The van der Waals surface area contributed by atoms with Crippen LogP contribution in [0.25, 0.3) is 5.57 Å². The van der Waals surface area contributed by atoms with Crippen molar-refractivity contribution in [2.45, 2.75) is 6.04 Å². The zero-order chi connectivity index (χ0) is 13.5. The quantitative estimate of drug-likeness (QED) is 0.832. The number of halogens is 1. The molecule has 2 unspecified atom stereocenters. The van der Waals surface area contributed by atoms with E-state index in [4.69, 9.17) is 16.3 Å². The second-order valence-electron chi connectivity index (χ2n) is 5.24. The molecule has 2 nitrogen and oxygen atoms in total. The Morgan fingerprint density at radius 1 is 1.10 bits per heavy atom. The standard InChI is InChI=1S/C17H14ClNO/c18-12-6-7-16-13(8-12)14-9-20-10-15(14)17(19-16)11-4-2-1-3-5-11/h1-9,15,17,19H,10H2. The summed E-state index contributed by atoms with van der Waals surface area (Å²) in [6, 6.07) is 16.7. The number of benzene rings is 2. The van der Waals surface area contributed by atoms with Crippen LogP contribution >= 0.6 is 11.6 Å². The van der Waals surface area contributed by atoms with Crippen LogP contribution in [0.5, 0.6) is 0 Å². The van der Waals surface area contributed by atoms with Gasteiger partial charge in [-0.2, -0.15) is 0 Å². The van der Waals surface area contributed by atoms with Crippen LogP contribution < -0.4 is 5.32 Å². The molecule has 100 valence electrons. The number of hydrogen-bond acceptors (Lipinski definition) is 2. The summed E-state index contributed by atoms with van der Waals surface area (Å²) in [7, 11) is 0. The number of fused-ring (bicyclic) bond motifs is 3. The Bertz CT molecular complexity index is 681. The first kappa shape index (κ1) is 11.9. The van der Waals surface area contributed by atoms with E-state index in [0.717, 1.165) is 16.3 Å². The van der Waals surface area contributed by atoms with Gasteiger partial charge in [0, 0.05) is 27.8 Å². The Morgan fingerprint density at radius 2 is 1.95 bits per heavy atom. The highest BCUT2D eigenvalue weighted by atomic mass is 35.5. The monoisotopic (exact) mass is 283 g/mol. The molecule has 20 heavy (non-hydrogen) atoms. The maximum Gasteiger partial charge on any atom is 0.0966 e. The van der Waals surface area contributed by atoms with Gasteiger partial charge in [-0.3, -0.25) is 0 Å². The minimum Gasteiger partial charge on any atom is -0.500 e. The van der Waals surface area contributed by atoms with Crippen molar-refractivity contribution >= 4 is 22.9 Å². The lowest BCUT2D eigenvalue weighted by Gasteiger charge is -2.33. The van der Waals surface area contributed by atoms with E-state index in [1.807, 2.05) is 30.5 Å². The average Bonchev–Trinajstić information content (AvgIpc) is 2.97. The van der Waals surface area contributed by atoms with Crippen molar-refractivity contribution in [1.82, 2.24) is 0 Å². The van der Waals surface area contributed by atoms with Gasteiger partial charge in [-0.05, 0) is 23.8 Å². The predicted octanol–water partition coefficient (Wildman–Crippen LogP) is 4.49. The maximum atomic E-state index is 6.12. The molecule has 4 rings (SSSR count). The Balaban J connectivity index is 1.83. The average molecular weight is 284 g/mol. The van der Waals surface area contributed by atoms with Crippen LogP contribution in [0.3, 0.4) is 0 Å². The SMILES string of the molecule is Clc1ccc2c(c1)C1=COCC1C(c1ccccc1)N2. The number of hydrogen-bond donors (Lipinski definition) is 1. The molecule has 2 atom stereocenters. The first-order chi connectivity index (χ1) is 9.83. The molecule has 0 fully saturated rings. The fraction of sp³-hybridized carbons (Fsp3) is 0.176. The fourth-order valence-corrected chi connectivity index (χ4v) is 3.26. The largest absolute Gasteiger partial charge is 0.500 e. The highest BCUT2D eigenvalue weighted by Gasteiger charge is 2.36. The Morgan fingerprint density at radius 3 is 2.80 bits per heavy atom. The highest BCUT2D eigenvalue weighted by Crippen LogP contribution is 2.47. The van der Waals surface area contributed by atoms with E-state index in [1.54, 1.807) is 0 Å². The van der Waals surface area contributed by atoms with Gasteiger partial charge >= 0.3 is 0 Å². The van der Waals surface area contributed by atoms with E-state index >= 15 is 0 Å². The van der Waals surface area contributed by atoms with Crippen LogP contribution in [0, 0.1) is 5.92 Å². The van der Waals surface area contributed by atoms with Crippen LogP contribution in [-0.4, -0.2) is 6.61 Å². The molecule has 0 aromatic heterocycles. The molecule has 0 aliphatic carbocycles. The van der Waals surface area contributed by atoms with Crippen LogP contribution in [0.2, 0.25) is 5.02 Å². The van der Waals surface area contributed by atoms with Crippen LogP contribution in [0.4, 0.5) is 5.69 Å². The summed E-state index contributed by atoms with van der Waals surface area (Å²) in [4.78, 5) is 0. The molecular formula is C17H14ClNO. The molecule has 0 spiro atoms. The Hall–Kier alpha value is -1.93. The van der Waals surface area contributed by atoms with Gasteiger partial charge in [0.25, 0.3) is 0 Å². The third-order valence-corrected chi connectivity index (χ3v) is 4.29. The Labute approximate surface area is 123 Å². The van der Waals surface area contributed by atoms with Gasteiger partial charge < -0.3 is 10.1 Å². The van der Waals surface area contributed by atoms with Crippen molar-refractivity contribution in [3.8, 4) is 0 Å². The molecule has 2 aliphatic heterocycles. The number of nitrogens with one attached hydrogen (secondary N) is 1. The van der Waals surface area contributed by atoms with Crippen LogP contribution in [-0.2, 0) is 4.74 Å². The second kappa shape index (κ2) is 4.57. The molecule has 0 bridgehead atoms. The van der Waals surface area contributed by atoms with Crippen molar-refractivity contribution in [3.63, 3.8) is 0 Å². The van der Waals surface area contributed by atoms with E-state index in [-0.39, 0.29) is 6.04 Å². The van der Waals surface area contributed by atoms with Crippen molar-refractivity contribution in [1.29, 1.82) is 0 Å². The predicted molar refractivity (Wildman–Crippen MR) is 81.7 cm³/mol. The lowest BCUT2D eigenvalue weighted by atomic mass is 9.81. The molecule has 0 amide bonds. The first-order valence-electron chi connectivity index (χ1n) is 6.76. The molecule has 0 saturated carbocycles. The van der Waals surface area contributed by atoms with Gasteiger partial charge in [0.15, 0.2) is 0 Å². The van der Waals surface area contributed by atoms with Crippen molar-refractivity contribution in [2.24, 2.45) is 5.92 Å². The zero-order valence-corrected chi connectivity index (χ0v) is 11.6. The van der Waals surface area contributed by atoms with Gasteiger partial charge in [0.05, 0.1) is 18.9 Å².